The van der Waals surface area contributed by atoms with Gasteiger partial charge in [-0.15, -0.1) is 0 Å². The maximum absolute atomic E-state index is 12.1. The zero-order valence-electron chi connectivity index (χ0n) is 10.9. The number of hydrogen-bond donors (Lipinski definition) is 2. The van der Waals surface area contributed by atoms with Crippen molar-refractivity contribution in [3.05, 3.63) is 60.0 Å². The average molecular weight is 267 g/mol. The molecule has 0 saturated heterocycles. The highest BCUT2D eigenvalue weighted by molar-refractivity contribution is 6.04. The van der Waals surface area contributed by atoms with Crippen molar-refractivity contribution >= 4 is 17.2 Å². The third-order valence-corrected chi connectivity index (χ3v) is 2.95. The molecule has 0 bridgehead atoms. The molecule has 0 aliphatic carbocycles. The summed E-state index contributed by atoms with van der Waals surface area (Å²) < 4.78 is 1.86. The minimum atomic E-state index is -0.237. The van der Waals surface area contributed by atoms with E-state index in [1.165, 1.54) is 6.07 Å². The molecule has 0 fully saturated rings. The Morgan fingerprint density at radius 1 is 1.30 bits per heavy atom. The first-order chi connectivity index (χ1) is 9.61. The van der Waals surface area contributed by atoms with E-state index in [0.717, 1.165) is 11.3 Å². The zero-order chi connectivity index (χ0) is 14.1. The Morgan fingerprint density at radius 2 is 2.15 bits per heavy atom. The van der Waals surface area contributed by atoms with Gasteiger partial charge in [0.05, 0.1) is 5.69 Å². The van der Waals surface area contributed by atoms with Crippen LogP contribution < -0.4 is 5.32 Å². The molecule has 3 rings (SSSR count). The molecule has 0 aliphatic rings. The number of aromatic nitrogens is 2. The highest BCUT2D eigenvalue weighted by atomic mass is 16.3. The number of aromatic hydroxyl groups is 1. The number of phenolic OH excluding ortho intramolecular Hbond substituents is 1. The number of anilines is 1. The van der Waals surface area contributed by atoms with Gasteiger partial charge < -0.3 is 14.8 Å². The second-order valence-electron chi connectivity index (χ2n) is 4.57. The van der Waals surface area contributed by atoms with E-state index in [9.17, 15) is 9.90 Å². The predicted octanol–water partition coefficient (Wildman–Crippen LogP) is 2.60. The Kier molecular flexibility index (Phi) is 2.87. The van der Waals surface area contributed by atoms with Crippen LogP contribution in [-0.2, 0) is 0 Å². The third kappa shape index (κ3) is 2.33. The molecule has 0 radical (unpaired) electrons. The summed E-state index contributed by atoms with van der Waals surface area (Å²) in [6, 6.07) is 9.89. The Balaban J connectivity index is 1.88. The highest BCUT2D eigenvalue weighted by Crippen LogP contribution is 2.16. The van der Waals surface area contributed by atoms with Gasteiger partial charge in [0.15, 0.2) is 0 Å². The number of phenols is 1. The van der Waals surface area contributed by atoms with Gasteiger partial charge in [-0.3, -0.25) is 4.79 Å². The summed E-state index contributed by atoms with van der Waals surface area (Å²) in [5.74, 6) is -0.124. The topological polar surface area (TPSA) is 66.6 Å². The monoisotopic (exact) mass is 267 g/mol. The summed E-state index contributed by atoms with van der Waals surface area (Å²) >= 11 is 0. The van der Waals surface area contributed by atoms with Crippen LogP contribution in [0.15, 0.2) is 48.8 Å². The number of nitrogens with zero attached hydrogens (tertiary/aromatic N) is 2. The molecule has 2 aromatic heterocycles. The van der Waals surface area contributed by atoms with Gasteiger partial charge in [-0.25, -0.2) is 4.98 Å². The molecule has 100 valence electrons. The number of aryl methyl sites for hydroxylation is 1. The lowest BCUT2D eigenvalue weighted by molar-refractivity contribution is 0.102. The van der Waals surface area contributed by atoms with Crippen molar-refractivity contribution in [2.24, 2.45) is 0 Å². The minimum absolute atomic E-state index is 0.113. The SMILES string of the molecule is Cc1cn2ccc(C(=O)Nc3cccc(O)c3)cc2n1. The summed E-state index contributed by atoms with van der Waals surface area (Å²) in [5.41, 5.74) is 2.70. The summed E-state index contributed by atoms with van der Waals surface area (Å²) in [6.07, 6.45) is 3.69. The second kappa shape index (κ2) is 4.70. The van der Waals surface area contributed by atoms with Gasteiger partial charge in [0.2, 0.25) is 0 Å². The molecule has 0 saturated carbocycles. The predicted molar refractivity (Wildman–Crippen MR) is 76.0 cm³/mol. The van der Waals surface area contributed by atoms with Crippen molar-refractivity contribution in [2.75, 3.05) is 5.32 Å². The molecule has 1 amide bonds. The van der Waals surface area contributed by atoms with Crippen molar-refractivity contribution in [2.45, 2.75) is 6.92 Å². The molecule has 1 aromatic carbocycles. The largest absolute Gasteiger partial charge is 0.508 e. The van der Waals surface area contributed by atoms with Crippen molar-refractivity contribution in [1.82, 2.24) is 9.38 Å². The van der Waals surface area contributed by atoms with E-state index in [1.807, 2.05) is 17.5 Å². The van der Waals surface area contributed by atoms with E-state index in [4.69, 9.17) is 0 Å². The molecule has 0 unspecified atom stereocenters. The Bertz CT molecular complexity index is 793. The van der Waals surface area contributed by atoms with E-state index in [1.54, 1.807) is 36.5 Å². The van der Waals surface area contributed by atoms with Crippen LogP contribution in [0.2, 0.25) is 0 Å². The standard InChI is InChI=1S/C15H13N3O2/c1-10-9-18-6-5-11(7-14(18)16-10)15(20)17-12-3-2-4-13(19)8-12/h2-9,19H,1H3,(H,17,20). The number of amides is 1. The van der Waals surface area contributed by atoms with Gasteiger partial charge in [-0.05, 0) is 31.2 Å². The van der Waals surface area contributed by atoms with Crippen LogP contribution in [0.25, 0.3) is 5.65 Å². The fourth-order valence-corrected chi connectivity index (χ4v) is 2.04. The molecular formula is C15H13N3O2. The summed E-state index contributed by atoms with van der Waals surface area (Å²) in [5, 5.41) is 12.1. The molecular weight excluding hydrogens is 254 g/mol. The van der Waals surface area contributed by atoms with Gasteiger partial charge in [0.1, 0.15) is 11.4 Å². The van der Waals surface area contributed by atoms with Crippen molar-refractivity contribution in [3.63, 3.8) is 0 Å². The van der Waals surface area contributed by atoms with Crippen LogP contribution in [0.3, 0.4) is 0 Å². The quantitative estimate of drug-likeness (QED) is 0.750. The van der Waals surface area contributed by atoms with Gasteiger partial charge >= 0.3 is 0 Å². The number of carbonyl (C=O) groups is 1. The number of benzene rings is 1. The number of nitrogens with one attached hydrogen (secondary N) is 1. The zero-order valence-corrected chi connectivity index (χ0v) is 10.9. The van der Waals surface area contributed by atoms with E-state index < -0.39 is 0 Å². The first-order valence-corrected chi connectivity index (χ1v) is 6.17. The molecule has 5 heteroatoms. The molecule has 3 aromatic rings. The molecule has 0 atom stereocenters. The van der Waals surface area contributed by atoms with Gasteiger partial charge in [0.25, 0.3) is 5.91 Å². The fraction of sp³-hybridized carbons (Fsp3) is 0.0667. The highest BCUT2D eigenvalue weighted by Gasteiger charge is 2.08. The Morgan fingerprint density at radius 3 is 2.95 bits per heavy atom. The van der Waals surface area contributed by atoms with Crippen LogP contribution >= 0.6 is 0 Å². The summed E-state index contributed by atoms with van der Waals surface area (Å²) in [6.45, 7) is 1.90. The maximum Gasteiger partial charge on any atom is 0.255 e. The normalized spacial score (nSPS) is 10.7. The number of carbonyl (C=O) groups excluding carboxylic acids is 1. The minimum Gasteiger partial charge on any atom is -0.508 e. The van der Waals surface area contributed by atoms with Crippen LogP contribution in [0.5, 0.6) is 5.75 Å². The number of rotatable bonds is 2. The van der Waals surface area contributed by atoms with E-state index in [2.05, 4.69) is 10.3 Å². The van der Waals surface area contributed by atoms with Gasteiger partial charge in [0, 0.05) is 29.7 Å². The Hall–Kier alpha value is -2.82. The third-order valence-electron chi connectivity index (χ3n) is 2.95. The lowest BCUT2D eigenvalue weighted by Crippen LogP contribution is -2.12. The molecule has 2 N–H and O–H groups in total. The van der Waals surface area contributed by atoms with E-state index in [-0.39, 0.29) is 11.7 Å². The van der Waals surface area contributed by atoms with Crippen LogP contribution in [0, 0.1) is 6.92 Å². The van der Waals surface area contributed by atoms with Crippen LogP contribution in [0.1, 0.15) is 16.1 Å². The lowest BCUT2D eigenvalue weighted by atomic mass is 10.2. The van der Waals surface area contributed by atoms with Crippen molar-refractivity contribution in [1.29, 1.82) is 0 Å². The fourth-order valence-electron chi connectivity index (χ4n) is 2.04. The molecule has 20 heavy (non-hydrogen) atoms. The lowest BCUT2D eigenvalue weighted by Gasteiger charge is -2.05. The maximum atomic E-state index is 12.1. The van der Waals surface area contributed by atoms with Crippen molar-refractivity contribution < 1.29 is 9.90 Å². The van der Waals surface area contributed by atoms with E-state index in [0.29, 0.717) is 11.3 Å². The summed E-state index contributed by atoms with van der Waals surface area (Å²) in [4.78, 5) is 16.5. The van der Waals surface area contributed by atoms with Gasteiger partial charge in [-0.2, -0.15) is 0 Å². The first kappa shape index (κ1) is 12.2. The average Bonchev–Trinajstić information content (AvgIpc) is 2.77. The summed E-state index contributed by atoms with van der Waals surface area (Å²) in [7, 11) is 0. The number of imidazole rings is 1. The van der Waals surface area contributed by atoms with E-state index >= 15 is 0 Å². The van der Waals surface area contributed by atoms with Crippen molar-refractivity contribution in [3.8, 4) is 5.75 Å². The second-order valence-corrected chi connectivity index (χ2v) is 4.57. The van der Waals surface area contributed by atoms with Gasteiger partial charge in [-0.1, -0.05) is 6.07 Å². The molecule has 2 heterocycles. The Labute approximate surface area is 115 Å². The first-order valence-electron chi connectivity index (χ1n) is 6.17. The molecule has 0 spiro atoms. The van der Waals surface area contributed by atoms with Crippen LogP contribution in [0.4, 0.5) is 5.69 Å². The van der Waals surface area contributed by atoms with Crippen LogP contribution in [-0.4, -0.2) is 20.4 Å². The number of fused-ring (bicyclic) bond motifs is 1. The molecule has 5 nitrogen and oxygen atoms in total. The smallest absolute Gasteiger partial charge is 0.255 e. The molecule has 0 aliphatic heterocycles. The number of pyridine rings is 1. The number of hydrogen-bond acceptors (Lipinski definition) is 3.